The Kier molecular flexibility index (Phi) is 5.90. The molecule has 0 aliphatic carbocycles. The van der Waals surface area contributed by atoms with Gasteiger partial charge in [-0.25, -0.2) is 0 Å². The van der Waals surface area contributed by atoms with Gasteiger partial charge in [0.25, 0.3) is 10.2 Å². The summed E-state index contributed by atoms with van der Waals surface area (Å²) in [7, 11) is -3.89. The van der Waals surface area contributed by atoms with Gasteiger partial charge in [-0.15, -0.1) is 0 Å². The average molecular weight is 308 g/mol. The minimum absolute atomic E-state index is 0.284. The molecular formula is C11H20N2O6S. The van der Waals surface area contributed by atoms with Crippen LogP contribution in [0.3, 0.4) is 0 Å². The number of aliphatic carboxylic acids is 2. The fraction of sp³-hybridized carbons (Fsp3) is 0.818. The molecule has 0 amide bonds. The van der Waals surface area contributed by atoms with Gasteiger partial charge in [0.1, 0.15) is 6.04 Å². The second-order valence-corrected chi connectivity index (χ2v) is 6.73. The quantitative estimate of drug-likeness (QED) is 0.602. The molecule has 1 aliphatic rings. The van der Waals surface area contributed by atoms with Crippen LogP contribution < -0.4 is 4.72 Å². The molecule has 0 saturated carbocycles. The maximum Gasteiger partial charge on any atom is 0.321 e. The van der Waals surface area contributed by atoms with E-state index >= 15 is 0 Å². The summed E-state index contributed by atoms with van der Waals surface area (Å²) in [6.45, 7) is 2.73. The Hall–Kier alpha value is -1.19. The smallest absolute Gasteiger partial charge is 0.321 e. The van der Waals surface area contributed by atoms with Crippen LogP contribution in [-0.2, 0) is 19.8 Å². The van der Waals surface area contributed by atoms with Crippen molar-refractivity contribution in [3.8, 4) is 0 Å². The van der Waals surface area contributed by atoms with E-state index in [4.69, 9.17) is 10.2 Å². The van der Waals surface area contributed by atoms with Gasteiger partial charge in [0.05, 0.1) is 0 Å². The molecule has 0 aromatic heterocycles. The highest BCUT2D eigenvalue weighted by molar-refractivity contribution is 7.87. The van der Waals surface area contributed by atoms with Gasteiger partial charge in [0.2, 0.25) is 0 Å². The van der Waals surface area contributed by atoms with E-state index in [1.165, 1.54) is 4.31 Å². The first-order valence-corrected chi connectivity index (χ1v) is 7.88. The maximum atomic E-state index is 12.1. The molecule has 20 heavy (non-hydrogen) atoms. The number of carbonyl (C=O) groups is 2. The zero-order valence-corrected chi connectivity index (χ0v) is 12.1. The lowest BCUT2D eigenvalue weighted by Gasteiger charge is -2.30. The Morgan fingerprint density at radius 3 is 2.30 bits per heavy atom. The van der Waals surface area contributed by atoms with E-state index in [1.807, 2.05) is 6.92 Å². The molecule has 1 rings (SSSR count). The number of carboxylic acids is 2. The summed E-state index contributed by atoms with van der Waals surface area (Å²) in [5.41, 5.74) is 0. The van der Waals surface area contributed by atoms with Crippen LogP contribution in [0.15, 0.2) is 0 Å². The molecule has 3 N–H and O–H groups in total. The lowest BCUT2D eigenvalue weighted by molar-refractivity contribution is -0.140. The Morgan fingerprint density at radius 2 is 1.85 bits per heavy atom. The molecule has 0 spiro atoms. The number of hydrogen-bond acceptors (Lipinski definition) is 4. The zero-order chi connectivity index (χ0) is 15.3. The summed E-state index contributed by atoms with van der Waals surface area (Å²) in [6, 6.07) is -1.42. The summed E-state index contributed by atoms with van der Waals surface area (Å²) in [6.07, 6.45) is 0.770. The highest BCUT2D eigenvalue weighted by Crippen LogP contribution is 2.18. The van der Waals surface area contributed by atoms with Gasteiger partial charge >= 0.3 is 11.9 Å². The van der Waals surface area contributed by atoms with E-state index in [-0.39, 0.29) is 6.42 Å². The van der Waals surface area contributed by atoms with Crippen LogP contribution >= 0.6 is 0 Å². The Labute approximate surface area is 118 Å². The van der Waals surface area contributed by atoms with Crippen molar-refractivity contribution in [3.63, 3.8) is 0 Å². The molecule has 0 radical (unpaired) electrons. The highest BCUT2D eigenvalue weighted by atomic mass is 32.2. The minimum atomic E-state index is -3.89. The van der Waals surface area contributed by atoms with Gasteiger partial charge in [-0.1, -0.05) is 6.92 Å². The van der Waals surface area contributed by atoms with Gasteiger partial charge < -0.3 is 10.2 Å². The molecule has 1 atom stereocenters. The minimum Gasteiger partial charge on any atom is -0.481 e. The summed E-state index contributed by atoms with van der Waals surface area (Å²) >= 11 is 0. The topological polar surface area (TPSA) is 124 Å². The number of nitrogens with zero attached hydrogens (tertiary/aromatic N) is 1. The van der Waals surface area contributed by atoms with E-state index in [9.17, 15) is 18.0 Å². The molecule has 1 unspecified atom stereocenters. The van der Waals surface area contributed by atoms with Crippen LogP contribution in [0.25, 0.3) is 0 Å². The van der Waals surface area contributed by atoms with Crippen LogP contribution in [-0.4, -0.2) is 54.0 Å². The van der Waals surface area contributed by atoms with Crippen molar-refractivity contribution in [1.82, 2.24) is 9.03 Å². The third kappa shape index (κ3) is 5.06. The van der Waals surface area contributed by atoms with Crippen molar-refractivity contribution in [1.29, 1.82) is 0 Å². The van der Waals surface area contributed by atoms with Crippen LogP contribution in [0.2, 0.25) is 0 Å². The van der Waals surface area contributed by atoms with Crippen LogP contribution in [0.1, 0.15) is 32.6 Å². The largest absolute Gasteiger partial charge is 0.481 e. The third-order valence-electron chi connectivity index (χ3n) is 3.32. The predicted molar refractivity (Wildman–Crippen MR) is 70.3 cm³/mol. The normalized spacial score (nSPS) is 19.6. The molecule has 1 aliphatic heterocycles. The van der Waals surface area contributed by atoms with Crippen molar-refractivity contribution in [2.24, 2.45) is 5.92 Å². The molecule has 1 fully saturated rings. The van der Waals surface area contributed by atoms with Crippen molar-refractivity contribution in [2.45, 2.75) is 38.6 Å². The summed E-state index contributed by atoms with van der Waals surface area (Å²) < 4.78 is 27.4. The predicted octanol–water partition coefficient (Wildman–Crippen LogP) is -0.129. The van der Waals surface area contributed by atoms with Gasteiger partial charge in [0, 0.05) is 19.5 Å². The standard InChI is InChI=1S/C11H20N2O6S/c1-8-4-6-13(7-5-8)20(18,19)12-9(11(16)17)2-3-10(14)15/h8-9,12H,2-7H2,1H3,(H,14,15)(H,16,17). The van der Waals surface area contributed by atoms with Gasteiger partial charge in [-0.2, -0.15) is 17.4 Å². The number of carboxylic acid groups (broad SMARTS) is 2. The fourth-order valence-corrected chi connectivity index (χ4v) is 3.40. The number of nitrogens with one attached hydrogen (secondary N) is 1. The molecule has 0 aromatic rings. The second-order valence-electron chi connectivity index (χ2n) is 5.03. The van der Waals surface area contributed by atoms with Gasteiger partial charge in [-0.3, -0.25) is 9.59 Å². The molecule has 0 aromatic carbocycles. The Bertz CT molecular complexity index is 456. The summed E-state index contributed by atoms with van der Waals surface area (Å²) in [4.78, 5) is 21.4. The second kappa shape index (κ2) is 7.00. The van der Waals surface area contributed by atoms with Crippen molar-refractivity contribution < 1.29 is 28.2 Å². The Morgan fingerprint density at radius 1 is 1.30 bits per heavy atom. The van der Waals surface area contributed by atoms with Crippen LogP contribution in [0.4, 0.5) is 0 Å². The average Bonchev–Trinajstić information content (AvgIpc) is 2.34. The van der Waals surface area contributed by atoms with Crippen molar-refractivity contribution in [3.05, 3.63) is 0 Å². The lowest BCUT2D eigenvalue weighted by atomic mass is 10.0. The lowest BCUT2D eigenvalue weighted by Crippen LogP contribution is -2.50. The number of hydrogen-bond donors (Lipinski definition) is 3. The molecular weight excluding hydrogens is 288 g/mol. The zero-order valence-electron chi connectivity index (χ0n) is 11.3. The first kappa shape index (κ1) is 16.9. The van der Waals surface area contributed by atoms with E-state index in [0.29, 0.717) is 19.0 Å². The van der Waals surface area contributed by atoms with Gasteiger partial charge in [0.15, 0.2) is 0 Å². The summed E-state index contributed by atoms with van der Waals surface area (Å²) in [5, 5.41) is 17.5. The van der Waals surface area contributed by atoms with Crippen molar-refractivity contribution >= 4 is 22.1 Å². The molecule has 9 heteroatoms. The maximum absolute atomic E-state index is 12.1. The fourth-order valence-electron chi connectivity index (χ4n) is 1.98. The molecule has 1 heterocycles. The number of piperidine rings is 1. The first-order valence-electron chi connectivity index (χ1n) is 6.44. The first-order chi connectivity index (χ1) is 9.22. The van der Waals surface area contributed by atoms with E-state index in [2.05, 4.69) is 4.72 Å². The van der Waals surface area contributed by atoms with Crippen LogP contribution in [0, 0.1) is 5.92 Å². The monoisotopic (exact) mass is 308 g/mol. The summed E-state index contributed by atoms with van der Waals surface area (Å²) in [5.74, 6) is -2.09. The highest BCUT2D eigenvalue weighted by Gasteiger charge is 2.31. The van der Waals surface area contributed by atoms with E-state index in [1.54, 1.807) is 0 Å². The van der Waals surface area contributed by atoms with E-state index < -0.39 is 34.6 Å². The molecule has 8 nitrogen and oxygen atoms in total. The van der Waals surface area contributed by atoms with Gasteiger partial charge in [-0.05, 0) is 25.2 Å². The molecule has 1 saturated heterocycles. The number of rotatable bonds is 7. The molecule has 116 valence electrons. The Balaban J connectivity index is 2.66. The SMILES string of the molecule is CC1CCN(S(=O)(=O)NC(CCC(=O)O)C(=O)O)CC1. The van der Waals surface area contributed by atoms with Crippen molar-refractivity contribution in [2.75, 3.05) is 13.1 Å². The molecule has 0 bridgehead atoms. The van der Waals surface area contributed by atoms with Crippen LogP contribution in [0.5, 0.6) is 0 Å². The third-order valence-corrected chi connectivity index (χ3v) is 4.95. The van der Waals surface area contributed by atoms with E-state index in [0.717, 1.165) is 12.8 Å².